The van der Waals surface area contributed by atoms with E-state index in [-0.39, 0.29) is 12.5 Å². The summed E-state index contributed by atoms with van der Waals surface area (Å²) in [4.78, 5) is 11.5. The molecule has 0 radical (unpaired) electrons. The van der Waals surface area contributed by atoms with Gasteiger partial charge in [-0.15, -0.1) is 0 Å². The van der Waals surface area contributed by atoms with Gasteiger partial charge in [0.15, 0.2) is 0 Å². The Kier molecular flexibility index (Phi) is 5.25. The van der Waals surface area contributed by atoms with Gasteiger partial charge in [-0.2, -0.15) is 0 Å². The first-order valence-electron chi connectivity index (χ1n) is 5.67. The molecule has 1 aromatic rings. The third kappa shape index (κ3) is 4.29. The molecular weight excluding hydrogens is 214 g/mol. The zero-order chi connectivity index (χ0) is 12.7. The van der Waals surface area contributed by atoms with Gasteiger partial charge in [0, 0.05) is 12.0 Å². The van der Waals surface area contributed by atoms with Gasteiger partial charge in [0.2, 0.25) is 5.91 Å². The van der Waals surface area contributed by atoms with Crippen LogP contribution in [0, 0.1) is 18.8 Å². The van der Waals surface area contributed by atoms with Crippen molar-refractivity contribution >= 4 is 11.6 Å². The second-order valence-corrected chi connectivity index (χ2v) is 3.81. The maximum atomic E-state index is 11.5. The fourth-order valence-corrected chi connectivity index (χ4v) is 1.45. The zero-order valence-electron chi connectivity index (χ0n) is 10.2. The number of carbonyl (C=O) groups excluding carboxylic acids is 1. The van der Waals surface area contributed by atoms with Crippen molar-refractivity contribution in [1.29, 1.82) is 0 Å². The summed E-state index contributed by atoms with van der Waals surface area (Å²) in [7, 11) is 0. The molecule has 1 rings (SSSR count). The molecule has 2 N–H and O–H groups in total. The molecule has 3 heteroatoms. The highest BCUT2D eigenvalue weighted by Crippen LogP contribution is 2.16. The minimum atomic E-state index is -0.184. The maximum absolute atomic E-state index is 11.5. The Morgan fingerprint density at radius 1 is 1.47 bits per heavy atom. The Morgan fingerprint density at radius 3 is 2.88 bits per heavy atom. The second-order valence-electron chi connectivity index (χ2n) is 3.81. The van der Waals surface area contributed by atoms with Gasteiger partial charge < -0.3 is 10.4 Å². The van der Waals surface area contributed by atoms with Gasteiger partial charge in [0.25, 0.3) is 0 Å². The normalized spacial score (nSPS) is 9.35. The van der Waals surface area contributed by atoms with E-state index in [1.807, 2.05) is 32.0 Å². The molecule has 0 aromatic heterocycles. The molecule has 0 heterocycles. The van der Waals surface area contributed by atoms with Gasteiger partial charge in [0.1, 0.15) is 6.61 Å². The van der Waals surface area contributed by atoms with Gasteiger partial charge in [-0.05, 0) is 31.0 Å². The number of aliphatic hydroxyl groups excluding tert-OH is 1. The molecule has 0 aliphatic carbocycles. The van der Waals surface area contributed by atoms with Crippen molar-refractivity contribution in [3.63, 3.8) is 0 Å². The van der Waals surface area contributed by atoms with Crippen molar-refractivity contribution in [2.75, 3.05) is 11.9 Å². The largest absolute Gasteiger partial charge is 0.384 e. The number of rotatable bonds is 3. The molecule has 0 aliphatic rings. The molecule has 0 saturated carbocycles. The van der Waals surface area contributed by atoms with Crippen molar-refractivity contribution in [3.8, 4) is 11.8 Å². The summed E-state index contributed by atoms with van der Waals surface area (Å²) < 4.78 is 0. The molecule has 1 aromatic carbocycles. The Morgan fingerprint density at radius 2 is 2.24 bits per heavy atom. The highest BCUT2D eigenvalue weighted by Gasteiger charge is 2.04. The van der Waals surface area contributed by atoms with Crippen LogP contribution in [0.3, 0.4) is 0 Å². The van der Waals surface area contributed by atoms with E-state index in [9.17, 15) is 4.79 Å². The molecule has 0 spiro atoms. The lowest BCUT2D eigenvalue weighted by Crippen LogP contribution is -2.11. The molecule has 0 bridgehead atoms. The number of carbonyl (C=O) groups is 1. The summed E-state index contributed by atoms with van der Waals surface area (Å²) in [5, 5.41) is 11.5. The average Bonchev–Trinajstić information content (AvgIpc) is 2.30. The number of anilines is 1. The number of hydrogen-bond donors (Lipinski definition) is 2. The SMILES string of the molecule is CCCC(=O)Nc1ccc(C)cc1C#CCO. The predicted molar refractivity (Wildman–Crippen MR) is 68.7 cm³/mol. The summed E-state index contributed by atoms with van der Waals surface area (Å²) >= 11 is 0. The van der Waals surface area contributed by atoms with Crippen LogP contribution in [0.1, 0.15) is 30.9 Å². The zero-order valence-corrected chi connectivity index (χ0v) is 10.2. The Balaban J connectivity index is 2.94. The van der Waals surface area contributed by atoms with E-state index >= 15 is 0 Å². The van der Waals surface area contributed by atoms with E-state index in [1.165, 1.54) is 0 Å². The summed E-state index contributed by atoms with van der Waals surface area (Å²) in [5.41, 5.74) is 2.51. The van der Waals surface area contributed by atoms with Gasteiger partial charge in [0.05, 0.1) is 5.69 Å². The standard InChI is InChI=1S/C14H17NO2/c1-3-5-14(17)15-13-8-7-11(2)10-12(13)6-4-9-16/h7-8,10,16H,3,5,9H2,1-2H3,(H,15,17). The molecular formula is C14H17NO2. The van der Waals surface area contributed by atoms with Crippen LogP contribution in [-0.2, 0) is 4.79 Å². The molecule has 0 aliphatic heterocycles. The third-order valence-electron chi connectivity index (χ3n) is 2.23. The Bertz CT molecular complexity index is 455. The van der Waals surface area contributed by atoms with E-state index in [0.717, 1.165) is 17.5 Å². The van der Waals surface area contributed by atoms with Crippen molar-refractivity contribution in [2.24, 2.45) is 0 Å². The van der Waals surface area contributed by atoms with Gasteiger partial charge >= 0.3 is 0 Å². The number of nitrogens with one attached hydrogen (secondary N) is 1. The highest BCUT2D eigenvalue weighted by molar-refractivity contribution is 5.92. The van der Waals surface area contributed by atoms with E-state index < -0.39 is 0 Å². The van der Waals surface area contributed by atoms with Crippen molar-refractivity contribution in [2.45, 2.75) is 26.7 Å². The number of hydrogen-bond acceptors (Lipinski definition) is 2. The van der Waals surface area contributed by atoms with Crippen molar-refractivity contribution < 1.29 is 9.90 Å². The van der Waals surface area contributed by atoms with E-state index in [1.54, 1.807) is 0 Å². The fraction of sp³-hybridized carbons (Fsp3) is 0.357. The molecule has 0 saturated heterocycles. The molecule has 1 amide bonds. The van der Waals surface area contributed by atoms with Crippen molar-refractivity contribution in [3.05, 3.63) is 29.3 Å². The minimum absolute atomic E-state index is 0.0107. The smallest absolute Gasteiger partial charge is 0.224 e. The topological polar surface area (TPSA) is 49.3 Å². The van der Waals surface area contributed by atoms with Crippen LogP contribution in [0.5, 0.6) is 0 Å². The fourth-order valence-electron chi connectivity index (χ4n) is 1.45. The van der Waals surface area contributed by atoms with Crippen LogP contribution in [0.4, 0.5) is 5.69 Å². The number of amides is 1. The van der Waals surface area contributed by atoms with Crippen LogP contribution in [0.2, 0.25) is 0 Å². The number of aryl methyl sites for hydroxylation is 1. The van der Waals surface area contributed by atoms with Crippen LogP contribution in [-0.4, -0.2) is 17.6 Å². The van der Waals surface area contributed by atoms with Crippen LogP contribution < -0.4 is 5.32 Å². The third-order valence-corrected chi connectivity index (χ3v) is 2.23. The molecule has 0 atom stereocenters. The van der Waals surface area contributed by atoms with Crippen LogP contribution >= 0.6 is 0 Å². The van der Waals surface area contributed by atoms with E-state index in [0.29, 0.717) is 12.1 Å². The number of aliphatic hydroxyl groups is 1. The van der Waals surface area contributed by atoms with Crippen molar-refractivity contribution in [1.82, 2.24) is 0 Å². The average molecular weight is 231 g/mol. The Labute approximate surface area is 102 Å². The molecule has 17 heavy (non-hydrogen) atoms. The number of benzene rings is 1. The summed E-state index contributed by atoms with van der Waals surface area (Å²) in [6.45, 7) is 3.74. The molecule has 3 nitrogen and oxygen atoms in total. The second kappa shape index (κ2) is 6.72. The molecule has 90 valence electrons. The predicted octanol–water partition coefficient (Wildman–Crippen LogP) is 2.08. The van der Waals surface area contributed by atoms with Crippen LogP contribution in [0.15, 0.2) is 18.2 Å². The lowest BCUT2D eigenvalue weighted by atomic mass is 10.1. The monoisotopic (exact) mass is 231 g/mol. The van der Waals surface area contributed by atoms with Crippen LogP contribution in [0.25, 0.3) is 0 Å². The first-order chi connectivity index (χ1) is 8.17. The van der Waals surface area contributed by atoms with E-state index in [2.05, 4.69) is 17.2 Å². The maximum Gasteiger partial charge on any atom is 0.224 e. The molecule has 0 unspecified atom stereocenters. The van der Waals surface area contributed by atoms with Gasteiger partial charge in [-0.1, -0.05) is 24.8 Å². The lowest BCUT2D eigenvalue weighted by Gasteiger charge is -2.07. The van der Waals surface area contributed by atoms with Gasteiger partial charge in [-0.25, -0.2) is 0 Å². The Hall–Kier alpha value is -1.79. The quantitative estimate of drug-likeness (QED) is 0.782. The van der Waals surface area contributed by atoms with Gasteiger partial charge in [-0.3, -0.25) is 4.79 Å². The minimum Gasteiger partial charge on any atom is -0.384 e. The van der Waals surface area contributed by atoms with E-state index in [4.69, 9.17) is 5.11 Å². The summed E-state index contributed by atoms with van der Waals surface area (Å²) in [5.74, 6) is 5.42. The summed E-state index contributed by atoms with van der Waals surface area (Å²) in [6, 6.07) is 5.65. The first kappa shape index (κ1) is 13.3. The lowest BCUT2D eigenvalue weighted by molar-refractivity contribution is -0.116. The molecule has 0 fully saturated rings. The first-order valence-corrected chi connectivity index (χ1v) is 5.67. The highest BCUT2D eigenvalue weighted by atomic mass is 16.2. The summed E-state index contributed by atoms with van der Waals surface area (Å²) in [6.07, 6.45) is 1.32.